The highest BCUT2D eigenvalue weighted by Crippen LogP contribution is 2.31. The molecule has 0 bridgehead atoms. The van der Waals surface area contributed by atoms with Gasteiger partial charge in [-0.15, -0.1) is 22.9 Å². The van der Waals surface area contributed by atoms with Crippen molar-refractivity contribution in [2.75, 3.05) is 22.3 Å². The summed E-state index contributed by atoms with van der Waals surface area (Å²) in [6.45, 7) is 0. The maximum atomic E-state index is 12.1. The molecule has 2 aromatic heterocycles. The molecule has 0 saturated carbocycles. The smallest absolute Gasteiger partial charge is 0.239 e. The maximum Gasteiger partial charge on any atom is 0.239 e. The Morgan fingerprint density at radius 3 is 2.48 bits per heavy atom. The summed E-state index contributed by atoms with van der Waals surface area (Å²) in [4.78, 5) is 35.6. The fraction of sp³-hybridized carbons (Fsp3) is 0.133. The summed E-state index contributed by atoms with van der Waals surface area (Å²) in [5.41, 5.74) is 1.41. The molecule has 0 atom stereocenters. The van der Waals surface area contributed by atoms with Crippen molar-refractivity contribution in [3.05, 3.63) is 34.6 Å². The fourth-order valence-electron chi connectivity index (χ4n) is 1.97. The summed E-state index contributed by atoms with van der Waals surface area (Å²) >= 11 is 19.7. The van der Waals surface area contributed by atoms with Crippen LogP contribution in [0.2, 0.25) is 10.3 Å². The highest BCUT2D eigenvalue weighted by molar-refractivity contribution is 8.01. The van der Waals surface area contributed by atoms with Gasteiger partial charge in [0, 0.05) is 11.8 Å². The van der Waals surface area contributed by atoms with Crippen LogP contribution in [0, 0.1) is 0 Å². The summed E-state index contributed by atoms with van der Waals surface area (Å²) < 4.78 is 1.60. The molecular weight excluding hydrogens is 453 g/mol. The first-order valence-corrected chi connectivity index (χ1v) is 10.4. The lowest BCUT2D eigenvalue weighted by Gasteiger charge is -2.03. The van der Waals surface area contributed by atoms with Crippen LogP contribution in [0.15, 0.2) is 28.6 Å². The molecule has 3 rings (SSSR count). The molecule has 0 spiro atoms. The van der Waals surface area contributed by atoms with Crippen LogP contribution < -0.4 is 10.6 Å². The van der Waals surface area contributed by atoms with E-state index < -0.39 is 0 Å². The molecule has 0 aliphatic heterocycles. The highest BCUT2D eigenvalue weighted by atomic mass is 35.5. The van der Waals surface area contributed by atoms with Gasteiger partial charge in [-0.2, -0.15) is 0 Å². The van der Waals surface area contributed by atoms with E-state index in [0.29, 0.717) is 10.0 Å². The van der Waals surface area contributed by atoms with Crippen molar-refractivity contribution in [1.29, 1.82) is 0 Å². The highest BCUT2D eigenvalue weighted by Gasteiger charge is 2.11. The van der Waals surface area contributed by atoms with Gasteiger partial charge in [0.2, 0.25) is 17.8 Å². The van der Waals surface area contributed by atoms with Gasteiger partial charge >= 0.3 is 0 Å². The summed E-state index contributed by atoms with van der Waals surface area (Å²) in [5, 5.41) is 5.49. The molecule has 0 unspecified atom stereocenters. The Balaban J connectivity index is 1.62. The van der Waals surface area contributed by atoms with E-state index >= 15 is 0 Å². The monoisotopic (exact) mass is 461 g/mol. The molecule has 0 fully saturated rings. The van der Waals surface area contributed by atoms with Crippen LogP contribution >= 0.6 is 57.9 Å². The molecule has 2 heterocycles. The van der Waals surface area contributed by atoms with Crippen LogP contribution in [0.4, 0.5) is 11.6 Å². The minimum Gasteiger partial charge on any atom is -0.325 e. The zero-order valence-electron chi connectivity index (χ0n) is 13.3. The summed E-state index contributed by atoms with van der Waals surface area (Å²) in [6.07, 6.45) is 0. The lowest BCUT2D eigenvalue weighted by atomic mass is 10.3. The molecule has 0 radical (unpaired) electrons. The molecule has 0 saturated heterocycles. The second-order valence-electron chi connectivity index (χ2n) is 5.02. The van der Waals surface area contributed by atoms with Gasteiger partial charge in [-0.05, 0) is 18.2 Å². The quantitative estimate of drug-likeness (QED) is 0.322. The van der Waals surface area contributed by atoms with E-state index in [2.05, 4.69) is 25.6 Å². The van der Waals surface area contributed by atoms with Crippen molar-refractivity contribution in [2.45, 2.75) is 4.34 Å². The van der Waals surface area contributed by atoms with E-state index in [9.17, 15) is 9.59 Å². The van der Waals surface area contributed by atoms with Crippen molar-refractivity contribution in [3.63, 3.8) is 0 Å². The lowest BCUT2D eigenvalue weighted by Crippen LogP contribution is -2.16. The first-order chi connectivity index (χ1) is 12.9. The van der Waals surface area contributed by atoms with Crippen LogP contribution in [0.1, 0.15) is 0 Å². The molecular formula is C15H10Cl3N5O2S2. The summed E-state index contributed by atoms with van der Waals surface area (Å²) in [5.74, 6) is -0.549. The average Bonchev–Trinajstić information content (AvgIpc) is 3.01. The third-order valence-corrected chi connectivity index (χ3v) is 5.81. The Labute approximate surface area is 176 Å². The SMILES string of the molecule is O=C(CCl)Nc1ccc2nc(SCC(=O)Nc3nc(Cl)cc(Cl)n3)sc2c1. The van der Waals surface area contributed by atoms with Gasteiger partial charge in [0.25, 0.3) is 0 Å². The Kier molecular flexibility index (Phi) is 6.72. The van der Waals surface area contributed by atoms with Gasteiger partial charge in [-0.3, -0.25) is 14.9 Å². The third-order valence-electron chi connectivity index (χ3n) is 3.02. The number of rotatable bonds is 6. The number of nitrogens with one attached hydrogen (secondary N) is 2. The van der Waals surface area contributed by atoms with Crippen LogP contribution in [-0.2, 0) is 9.59 Å². The number of aromatic nitrogens is 3. The molecule has 27 heavy (non-hydrogen) atoms. The first kappa shape index (κ1) is 20.1. The normalized spacial score (nSPS) is 10.8. The number of hydrogen-bond acceptors (Lipinski definition) is 7. The fourth-order valence-corrected chi connectivity index (χ4v) is 4.37. The number of carbonyl (C=O) groups is 2. The van der Waals surface area contributed by atoms with Gasteiger partial charge < -0.3 is 5.32 Å². The summed E-state index contributed by atoms with van der Waals surface area (Å²) in [6, 6.07) is 6.72. The Bertz CT molecular complexity index is 994. The zero-order valence-corrected chi connectivity index (χ0v) is 17.2. The van der Waals surface area contributed by atoms with E-state index in [1.54, 1.807) is 12.1 Å². The van der Waals surface area contributed by atoms with E-state index in [-0.39, 0.29) is 39.7 Å². The largest absolute Gasteiger partial charge is 0.325 e. The lowest BCUT2D eigenvalue weighted by molar-refractivity contribution is -0.114. The first-order valence-electron chi connectivity index (χ1n) is 7.32. The molecule has 3 aromatic rings. The summed E-state index contributed by atoms with van der Waals surface area (Å²) in [7, 11) is 0. The standard InChI is InChI=1S/C15H10Cl3N5O2S2/c16-5-12(24)19-7-1-2-8-9(3-7)27-15(20-8)26-6-13(25)23-14-21-10(17)4-11(18)22-14/h1-4H,5-6H2,(H,19,24)(H,21,22,23,25). The Morgan fingerprint density at radius 1 is 1.04 bits per heavy atom. The second kappa shape index (κ2) is 9.03. The Hall–Kier alpha value is -1.65. The molecule has 0 aliphatic rings. The number of nitrogens with zero attached hydrogens (tertiary/aromatic N) is 3. The second-order valence-corrected chi connectivity index (χ2v) is 8.31. The van der Waals surface area contributed by atoms with Crippen LogP contribution in [0.5, 0.6) is 0 Å². The molecule has 2 N–H and O–H groups in total. The molecule has 1 aromatic carbocycles. The number of thioether (sulfide) groups is 1. The molecule has 140 valence electrons. The van der Waals surface area contributed by atoms with E-state index in [1.807, 2.05) is 6.07 Å². The van der Waals surface area contributed by atoms with E-state index in [0.717, 1.165) is 10.2 Å². The predicted octanol–water partition coefficient (Wildman–Crippen LogP) is 4.30. The number of halogens is 3. The van der Waals surface area contributed by atoms with Crippen molar-refractivity contribution >= 4 is 91.6 Å². The van der Waals surface area contributed by atoms with Gasteiger partial charge in [-0.25, -0.2) is 15.0 Å². The topological polar surface area (TPSA) is 96.9 Å². The minimum atomic E-state index is -0.312. The predicted molar refractivity (Wildman–Crippen MR) is 110 cm³/mol. The Morgan fingerprint density at radius 2 is 1.78 bits per heavy atom. The number of thiazole rings is 1. The van der Waals surface area contributed by atoms with Crippen molar-refractivity contribution in [2.24, 2.45) is 0 Å². The number of hydrogen-bond donors (Lipinski definition) is 2. The number of fused-ring (bicyclic) bond motifs is 1. The van der Waals surface area contributed by atoms with Crippen molar-refractivity contribution in [1.82, 2.24) is 15.0 Å². The maximum absolute atomic E-state index is 12.1. The van der Waals surface area contributed by atoms with Gasteiger partial charge in [-0.1, -0.05) is 35.0 Å². The van der Waals surface area contributed by atoms with E-state index in [1.165, 1.54) is 29.2 Å². The number of alkyl halides is 1. The number of benzene rings is 1. The average molecular weight is 463 g/mol. The van der Waals surface area contributed by atoms with Crippen molar-refractivity contribution < 1.29 is 9.59 Å². The van der Waals surface area contributed by atoms with Gasteiger partial charge in [0.15, 0.2) is 4.34 Å². The van der Waals surface area contributed by atoms with Gasteiger partial charge in [0.1, 0.15) is 16.2 Å². The number of amides is 2. The molecule has 2 amide bonds. The molecule has 0 aliphatic carbocycles. The van der Waals surface area contributed by atoms with Crippen LogP contribution in [0.3, 0.4) is 0 Å². The van der Waals surface area contributed by atoms with Gasteiger partial charge in [0.05, 0.1) is 16.0 Å². The number of anilines is 2. The van der Waals surface area contributed by atoms with Crippen molar-refractivity contribution in [3.8, 4) is 0 Å². The van der Waals surface area contributed by atoms with Crippen LogP contribution in [0.25, 0.3) is 10.2 Å². The minimum absolute atomic E-state index is 0.0436. The number of carbonyl (C=O) groups excluding carboxylic acids is 2. The van der Waals surface area contributed by atoms with E-state index in [4.69, 9.17) is 34.8 Å². The molecule has 7 nitrogen and oxygen atoms in total. The molecule has 12 heteroatoms. The zero-order chi connectivity index (χ0) is 19.4. The third kappa shape index (κ3) is 5.66. The van der Waals surface area contributed by atoms with Crippen LogP contribution in [-0.4, -0.2) is 38.4 Å².